The molecule has 94 valence electrons. The van der Waals surface area contributed by atoms with Crippen LogP contribution in [0.2, 0.25) is 5.02 Å². The Morgan fingerprint density at radius 1 is 1.47 bits per heavy atom. The second kappa shape index (κ2) is 6.65. The van der Waals surface area contributed by atoms with Gasteiger partial charge in [0.15, 0.2) is 0 Å². The van der Waals surface area contributed by atoms with Crippen molar-refractivity contribution < 1.29 is 4.79 Å². The molecule has 1 aromatic rings. The van der Waals surface area contributed by atoms with Crippen molar-refractivity contribution in [3.63, 3.8) is 0 Å². The van der Waals surface area contributed by atoms with Crippen molar-refractivity contribution in [1.82, 2.24) is 4.90 Å². The Hall–Kier alpha value is -1.02. The summed E-state index contributed by atoms with van der Waals surface area (Å²) in [6.45, 7) is 4.70. The van der Waals surface area contributed by atoms with Gasteiger partial charge in [-0.1, -0.05) is 44.0 Å². The first-order valence-corrected chi connectivity index (χ1v) is 6.41. The molecule has 1 atom stereocenters. The molecule has 0 saturated heterocycles. The number of carbonyl (C=O) groups excluding carboxylic acids is 1. The second-order valence-electron chi connectivity index (χ2n) is 4.51. The van der Waals surface area contributed by atoms with Crippen LogP contribution in [0.5, 0.6) is 0 Å². The van der Waals surface area contributed by atoms with Crippen LogP contribution in [-0.4, -0.2) is 17.9 Å². The van der Waals surface area contributed by atoms with Crippen LogP contribution in [-0.2, 0) is 11.3 Å². The highest BCUT2D eigenvalue weighted by molar-refractivity contribution is 6.30. The zero-order chi connectivity index (χ0) is 12.8. The Morgan fingerprint density at radius 3 is 2.76 bits per heavy atom. The molecule has 0 fully saturated rings. The molecule has 3 heteroatoms. The molecule has 1 unspecified atom stereocenters. The molecule has 0 spiro atoms. The summed E-state index contributed by atoms with van der Waals surface area (Å²) < 4.78 is 0. The first-order valence-electron chi connectivity index (χ1n) is 6.04. The third-order valence-corrected chi connectivity index (χ3v) is 3.06. The van der Waals surface area contributed by atoms with Gasteiger partial charge in [0.05, 0.1) is 0 Å². The topological polar surface area (TPSA) is 20.3 Å². The summed E-state index contributed by atoms with van der Waals surface area (Å²) in [4.78, 5) is 13.8. The molecule has 0 radical (unpaired) electrons. The number of hydrogen-bond donors (Lipinski definition) is 0. The zero-order valence-electron chi connectivity index (χ0n) is 10.7. The number of carbonyl (C=O) groups is 1. The lowest BCUT2D eigenvalue weighted by atomic mass is 10.0. The van der Waals surface area contributed by atoms with Gasteiger partial charge in [-0.2, -0.15) is 0 Å². The monoisotopic (exact) mass is 253 g/mol. The highest BCUT2D eigenvalue weighted by Gasteiger charge is 2.16. The van der Waals surface area contributed by atoms with Crippen LogP contribution in [0.25, 0.3) is 0 Å². The van der Waals surface area contributed by atoms with Crippen LogP contribution < -0.4 is 0 Å². The smallest absolute Gasteiger partial charge is 0.225 e. The molecule has 0 heterocycles. The van der Waals surface area contributed by atoms with Gasteiger partial charge in [-0.15, -0.1) is 0 Å². The molecule has 1 aromatic carbocycles. The van der Waals surface area contributed by atoms with Crippen LogP contribution in [0.4, 0.5) is 0 Å². The lowest BCUT2D eigenvalue weighted by Crippen LogP contribution is -2.31. The largest absolute Gasteiger partial charge is 0.341 e. The van der Waals surface area contributed by atoms with E-state index in [1.807, 2.05) is 38.2 Å². The van der Waals surface area contributed by atoms with Gasteiger partial charge in [0.25, 0.3) is 0 Å². The van der Waals surface area contributed by atoms with E-state index in [9.17, 15) is 4.79 Å². The van der Waals surface area contributed by atoms with Gasteiger partial charge in [-0.3, -0.25) is 4.79 Å². The number of hydrogen-bond acceptors (Lipinski definition) is 1. The van der Waals surface area contributed by atoms with Crippen molar-refractivity contribution in [2.75, 3.05) is 7.05 Å². The zero-order valence-corrected chi connectivity index (χ0v) is 11.5. The van der Waals surface area contributed by atoms with E-state index in [-0.39, 0.29) is 11.8 Å². The molecule has 0 N–H and O–H groups in total. The average Bonchev–Trinajstić information content (AvgIpc) is 2.28. The van der Waals surface area contributed by atoms with E-state index in [2.05, 4.69) is 6.92 Å². The van der Waals surface area contributed by atoms with E-state index >= 15 is 0 Å². The molecule has 0 bridgehead atoms. The number of halogens is 1. The van der Waals surface area contributed by atoms with Gasteiger partial charge in [0.1, 0.15) is 0 Å². The van der Waals surface area contributed by atoms with E-state index in [1.165, 1.54) is 0 Å². The van der Waals surface area contributed by atoms with Crippen molar-refractivity contribution in [3.8, 4) is 0 Å². The predicted octanol–water partition coefficient (Wildman–Crippen LogP) is 3.73. The molecule has 17 heavy (non-hydrogen) atoms. The third kappa shape index (κ3) is 4.39. The summed E-state index contributed by atoms with van der Waals surface area (Å²) in [6.07, 6.45) is 1.98. The molecule has 1 rings (SSSR count). The fraction of sp³-hybridized carbons (Fsp3) is 0.500. The van der Waals surface area contributed by atoms with Crippen molar-refractivity contribution in [2.24, 2.45) is 5.92 Å². The summed E-state index contributed by atoms with van der Waals surface area (Å²) >= 11 is 5.92. The fourth-order valence-corrected chi connectivity index (χ4v) is 2.13. The summed E-state index contributed by atoms with van der Waals surface area (Å²) in [5.74, 6) is 0.302. The summed E-state index contributed by atoms with van der Waals surface area (Å²) in [5, 5.41) is 0.713. The molecule has 0 aromatic heterocycles. The van der Waals surface area contributed by atoms with E-state index in [0.717, 1.165) is 18.4 Å². The van der Waals surface area contributed by atoms with Gasteiger partial charge in [0.2, 0.25) is 5.91 Å². The minimum Gasteiger partial charge on any atom is -0.341 e. The Bertz CT molecular complexity index is 378. The lowest BCUT2D eigenvalue weighted by Gasteiger charge is -2.21. The van der Waals surface area contributed by atoms with Crippen molar-refractivity contribution in [2.45, 2.75) is 33.2 Å². The molecule has 0 aliphatic carbocycles. The molecule has 0 aliphatic heterocycles. The summed E-state index contributed by atoms with van der Waals surface area (Å²) in [5.41, 5.74) is 1.07. The molecular weight excluding hydrogens is 234 g/mol. The highest BCUT2D eigenvalue weighted by atomic mass is 35.5. The lowest BCUT2D eigenvalue weighted by molar-refractivity contribution is -0.134. The minimum atomic E-state index is 0.101. The highest BCUT2D eigenvalue weighted by Crippen LogP contribution is 2.14. The number of amides is 1. The number of nitrogens with zero attached hydrogens (tertiary/aromatic N) is 1. The minimum absolute atomic E-state index is 0.101. The first-order chi connectivity index (χ1) is 8.04. The normalized spacial score (nSPS) is 12.2. The second-order valence-corrected chi connectivity index (χ2v) is 4.95. The predicted molar refractivity (Wildman–Crippen MR) is 72.0 cm³/mol. The van der Waals surface area contributed by atoms with E-state index in [0.29, 0.717) is 11.6 Å². The first kappa shape index (κ1) is 14.0. The number of benzene rings is 1. The maximum absolute atomic E-state index is 12.0. The summed E-state index contributed by atoms with van der Waals surface area (Å²) in [7, 11) is 1.84. The molecule has 2 nitrogen and oxygen atoms in total. The fourth-order valence-electron chi connectivity index (χ4n) is 1.92. The molecule has 1 amide bonds. The standard InChI is InChI=1S/C14H20ClNO/c1-4-6-11(2)14(17)16(3)10-12-7-5-8-13(15)9-12/h5,7-9,11H,4,6,10H2,1-3H3. The summed E-state index contributed by atoms with van der Waals surface area (Å²) in [6, 6.07) is 7.63. The van der Waals surface area contributed by atoms with Crippen LogP contribution in [0.1, 0.15) is 32.3 Å². The quantitative estimate of drug-likeness (QED) is 0.783. The van der Waals surface area contributed by atoms with Gasteiger partial charge >= 0.3 is 0 Å². The molecule has 0 aliphatic rings. The molecular formula is C14H20ClNO. The van der Waals surface area contributed by atoms with Crippen molar-refractivity contribution in [1.29, 1.82) is 0 Å². The van der Waals surface area contributed by atoms with E-state index in [1.54, 1.807) is 4.90 Å². The van der Waals surface area contributed by atoms with Crippen LogP contribution >= 0.6 is 11.6 Å². The maximum atomic E-state index is 12.0. The van der Waals surface area contributed by atoms with Crippen LogP contribution in [0, 0.1) is 5.92 Å². The SMILES string of the molecule is CCCC(C)C(=O)N(C)Cc1cccc(Cl)c1. The molecule has 0 saturated carbocycles. The van der Waals surface area contributed by atoms with Crippen molar-refractivity contribution >= 4 is 17.5 Å². The van der Waals surface area contributed by atoms with Crippen LogP contribution in [0.15, 0.2) is 24.3 Å². The Kier molecular flexibility index (Phi) is 5.49. The van der Waals surface area contributed by atoms with Gasteiger partial charge < -0.3 is 4.90 Å². The van der Waals surface area contributed by atoms with E-state index in [4.69, 9.17) is 11.6 Å². The third-order valence-electron chi connectivity index (χ3n) is 2.83. The van der Waals surface area contributed by atoms with Crippen molar-refractivity contribution in [3.05, 3.63) is 34.9 Å². The number of rotatable bonds is 5. The average molecular weight is 254 g/mol. The van der Waals surface area contributed by atoms with Gasteiger partial charge in [0, 0.05) is 24.5 Å². The maximum Gasteiger partial charge on any atom is 0.225 e. The Morgan fingerprint density at radius 2 is 2.18 bits per heavy atom. The van der Waals surface area contributed by atoms with E-state index < -0.39 is 0 Å². The van der Waals surface area contributed by atoms with Gasteiger partial charge in [-0.25, -0.2) is 0 Å². The Balaban J connectivity index is 2.59. The van der Waals surface area contributed by atoms with Gasteiger partial charge in [-0.05, 0) is 24.1 Å². The Labute approximate surface area is 109 Å². The van der Waals surface area contributed by atoms with Crippen LogP contribution in [0.3, 0.4) is 0 Å².